The summed E-state index contributed by atoms with van der Waals surface area (Å²) in [6.45, 7) is 3.45. The molecule has 1 atom stereocenters. The SMILES string of the molecule is CCC(c1ccccc1)P(O)(O)(O)CC. The van der Waals surface area contributed by atoms with Crippen molar-refractivity contribution >= 4 is 7.28 Å². The molecule has 0 aliphatic heterocycles. The zero-order valence-electron chi connectivity index (χ0n) is 9.17. The van der Waals surface area contributed by atoms with Crippen LogP contribution in [-0.2, 0) is 0 Å². The normalized spacial score (nSPS) is 16.7. The third-order valence-electron chi connectivity index (χ3n) is 2.82. The summed E-state index contributed by atoms with van der Waals surface area (Å²) in [7, 11) is -4.52. The van der Waals surface area contributed by atoms with Gasteiger partial charge in [-0.2, -0.15) is 0 Å². The molecule has 0 aliphatic carbocycles. The second-order valence-corrected chi connectivity index (χ2v) is 7.57. The summed E-state index contributed by atoms with van der Waals surface area (Å²) in [5.74, 6) is 0. The van der Waals surface area contributed by atoms with E-state index < -0.39 is 12.9 Å². The van der Waals surface area contributed by atoms with Crippen LogP contribution in [0.5, 0.6) is 0 Å². The van der Waals surface area contributed by atoms with Crippen LogP contribution < -0.4 is 0 Å². The Morgan fingerprint density at radius 2 is 1.60 bits per heavy atom. The molecule has 15 heavy (non-hydrogen) atoms. The van der Waals surface area contributed by atoms with Crippen LogP contribution in [0.25, 0.3) is 0 Å². The van der Waals surface area contributed by atoms with Gasteiger partial charge in [0.1, 0.15) is 0 Å². The first-order chi connectivity index (χ1) is 6.89. The first kappa shape index (κ1) is 12.6. The first-order valence-electron chi connectivity index (χ1n) is 5.20. The summed E-state index contributed by atoms with van der Waals surface area (Å²) in [4.78, 5) is 29.8. The Hall–Kier alpha value is -0.470. The van der Waals surface area contributed by atoms with Crippen molar-refractivity contribution < 1.29 is 14.7 Å². The fourth-order valence-electron chi connectivity index (χ4n) is 1.81. The van der Waals surface area contributed by atoms with Crippen LogP contribution >= 0.6 is 7.28 Å². The average Bonchev–Trinajstić information content (AvgIpc) is 2.19. The summed E-state index contributed by atoms with van der Waals surface area (Å²) in [5.41, 5.74) is 0.217. The van der Waals surface area contributed by atoms with Crippen molar-refractivity contribution in [2.75, 3.05) is 6.16 Å². The third kappa shape index (κ3) is 2.76. The van der Waals surface area contributed by atoms with Crippen LogP contribution in [0, 0.1) is 0 Å². The molecule has 1 aromatic rings. The van der Waals surface area contributed by atoms with Crippen LogP contribution in [0.4, 0.5) is 0 Å². The molecule has 0 spiro atoms. The van der Waals surface area contributed by atoms with Crippen LogP contribution in [0.2, 0.25) is 0 Å². The molecule has 0 fully saturated rings. The summed E-state index contributed by atoms with van der Waals surface area (Å²) in [6, 6.07) is 9.16. The number of hydrogen-bond acceptors (Lipinski definition) is 3. The van der Waals surface area contributed by atoms with Gasteiger partial charge in [0, 0.05) is 0 Å². The van der Waals surface area contributed by atoms with Gasteiger partial charge in [-0.1, -0.05) is 0 Å². The zero-order valence-corrected chi connectivity index (χ0v) is 10.1. The van der Waals surface area contributed by atoms with Gasteiger partial charge in [0.25, 0.3) is 0 Å². The number of hydrogen-bond donors (Lipinski definition) is 3. The van der Waals surface area contributed by atoms with Gasteiger partial charge in [-0.25, -0.2) is 0 Å². The molecule has 3 N–H and O–H groups in total. The molecule has 0 amide bonds. The maximum absolute atomic E-state index is 9.94. The van der Waals surface area contributed by atoms with Gasteiger partial charge in [-0.3, -0.25) is 0 Å². The Labute approximate surface area is 90.6 Å². The van der Waals surface area contributed by atoms with E-state index >= 15 is 0 Å². The van der Waals surface area contributed by atoms with E-state index in [4.69, 9.17) is 0 Å². The van der Waals surface area contributed by atoms with E-state index in [9.17, 15) is 14.7 Å². The minimum absolute atomic E-state index is 0.000991. The van der Waals surface area contributed by atoms with Gasteiger partial charge in [0.05, 0.1) is 0 Å². The van der Waals surface area contributed by atoms with Crippen molar-refractivity contribution in [1.82, 2.24) is 0 Å². The molecule has 1 unspecified atom stereocenters. The summed E-state index contributed by atoms with van der Waals surface area (Å²) in [5, 5.41) is 0. The molecule has 0 heterocycles. The van der Waals surface area contributed by atoms with Crippen LogP contribution in [0.3, 0.4) is 0 Å². The molecule has 0 aromatic heterocycles. The topological polar surface area (TPSA) is 60.7 Å². The number of benzene rings is 1. The number of rotatable bonds is 4. The second-order valence-electron chi connectivity index (χ2n) is 3.87. The second kappa shape index (κ2) is 4.18. The van der Waals surface area contributed by atoms with Crippen LogP contribution in [0.1, 0.15) is 31.5 Å². The standard InChI is InChI=1S/C11H19O3P/c1-3-11(15(12,13,14)4-2)10-8-6-5-7-9-10/h5-9,11-14H,3-4H2,1-2H3. The minimum atomic E-state index is -4.52. The molecule has 0 radical (unpaired) electrons. The zero-order chi connectivity index (χ0) is 11.6. The van der Waals surface area contributed by atoms with Crippen molar-refractivity contribution in [3.8, 4) is 0 Å². The van der Waals surface area contributed by atoms with Crippen molar-refractivity contribution in [1.29, 1.82) is 0 Å². The Kier molecular flexibility index (Phi) is 3.51. The van der Waals surface area contributed by atoms with Gasteiger partial charge < -0.3 is 0 Å². The molecular formula is C11H19O3P. The van der Waals surface area contributed by atoms with Gasteiger partial charge in [-0.15, -0.1) is 0 Å². The van der Waals surface area contributed by atoms with Crippen LogP contribution in [-0.4, -0.2) is 20.8 Å². The van der Waals surface area contributed by atoms with Crippen molar-refractivity contribution in [3.63, 3.8) is 0 Å². The Bertz CT molecular complexity index is 316. The monoisotopic (exact) mass is 230 g/mol. The van der Waals surface area contributed by atoms with Crippen molar-refractivity contribution in [2.24, 2.45) is 0 Å². The van der Waals surface area contributed by atoms with E-state index in [0.29, 0.717) is 6.42 Å². The molecule has 0 saturated carbocycles. The van der Waals surface area contributed by atoms with Crippen molar-refractivity contribution in [2.45, 2.75) is 25.9 Å². The molecule has 1 rings (SSSR count). The summed E-state index contributed by atoms with van der Waals surface area (Å²) >= 11 is 0. The van der Waals surface area contributed by atoms with Gasteiger partial charge >= 0.3 is 89.9 Å². The molecule has 86 valence electrons. The predicted octanol–water partition coefficient (Wildman–Crippen LogP) is 2.43. The van der Waals surface area contributed by atoms with Gasteiger partial charge in [-0.05, 0) is 0 Å². The fourth-order valence-corrected chi connectivity index (χ4v) is 3.78. The van der Waals surface area contributed by atoms with E-state index in [0.717, 1.165) is 5.56 Å². The van der Waals surface area contributed by atoms with E-state index in [1.807, 2.05) is 37.3 Å². The summed E-state index contributed by atoms with van der Waals surface area (Å²) in [6.07, 6.45) is 0.512. The molecule has 0 saturated heterocycles. The third-order valence-corrected chi connectivity index (χ3v) is 5.97. The molecule has 0 bridgehead atoms. The van der Waals surface area contributed by atoms with Gasteiger partial charge in [0.15, 0.2) is 0 Å². The Balaban J connectivity index is 3.11. The van der Waals surface area contributed by atoms with Crippen molar-refractivity contribution in [3.05, 3.63) is 35.9 Å². The Morgan fingerprint density at radius 3 is 2.00 bits per heavy atom. The molecule has 4 heteroatoms. The quantitative estimate of drug-likeness (QED) is 0.696. The molecule has 3 nitrogen and oxygen atoms in total. The van der Waals surface area contributed by atoms with E-state index in [-0.39, 0.29) is 6.16 Å². The van der Waals surface area contributed by atoms with Crippen LogP contribution in [0.15, 0.2) is 30.3 Å². The Morgan fingerprint density at radius 1 is 1.07 bits per heavy atom. The first-order valence-corrected chi connectivity index (χ1v) is 7.55. The van der Waals surface area contributed by atoms with E-state index in [2.05, 4.69) is 0 Å². The average molecular weight is 230 g/mol. The fraction of sp³-hybridized carbons (Fsp3) is 0.455. The molecule has 1 aromatic carbocycles. The van der Waals surface area contributed by atoms with E-state index in [1.54, 1.807) is 6.92 Å². The van der Waals surface area contributed by atoms with E-state index in [1.165, 1.54) is 0 Å². The molecular weight excluding hydrogens is 211 g/mol. The predicted molar refractivity (Wildman–Crippen MR) is 63.6 cm³/mol. The van der Waals surface area contributed by atoms with Gasteiger partial charge in [0.2, 0.25) is 0 Å². The maximum atomic E-state index is 9.94. The summed E-state index contributed by atoms with van der Waals surface area (Å²) < 4.78 is 0. The molecule has 0 aliphatic rings.